The summed E-state index contributed by atoms with van der Waals surface area (Å²) in [5, 5.41) is 12.3. The summed E-state index contributed by atoms with van der Waals surface area (Å²) in [7, 11) is 0. The van der Waals surface area contributed by atoms with Gasteiger partial charge in [0.05, 0.1) is 5.56 Å². The van der Waals surface area contributed by atoms with Crippen LogP contribution in [0.4, 0.5) is 5.69 Å². The first-order chi connectivity index (χ1) is 9.97. The van der Waals surface area contributed by atoms with Crippen molar-refractivity contribution in [3.63, 3.8) is 0 Å². The number of nitrogens with zero attached hydrogens (tertiary/aromatic N) is 3. The standard InChI is InChI=1S/C15H16N6/c1-8-7-9(2)21-15(12(8)13(17)18)19-14(20-21)10-3-5-11(16)6-4-10/h3-7H,16H2,1-2H3,(H3,17,18). The van der Waals surface area contributed by atoms with Crippen molar-refractivity contribution in [1.82, 2.24) is 14.6 Å². The highest BCUT2D eigenvalue weighted by molar-refractivity contribution is 6.02. The molecule has 0 spiro atoms. The van der Waals surface area contributed by atoms with Crippen LogP contribution in [0, 0.1) is 19.3 Å². The molecule has 2 aromatic heterocycles. The van der Waals surface area contributed by atoms with E-state index in [1.807, 2.05) is 44.2 Å². The van der Waals surface area contributed by atoms with E-state index in [1.165, 1.54) is 0 Å². The Hall–Kier alpha value is -2.89. The van der Waals surface area contributed by atoms with E-state index in [1.54, 1.807) is 4.52 Å². The molecule has 0 radical (unpaired) electrons. The van der Waals surface area contributed by atoms with E-state index in [2.05, 4.69) is 10.1 Å². The number of nitrogen functional groups attached to an aromatic ring is 2. The quantitative estimate of drug-likeness (QED) is 0.378. The van der Waals surface area contributed by atoms with Gasteiger partial charge in [-0.25, -0.2) is 9.50 Å². The van der Waals surface area contributed by atoms with Gasteiger partial charge in [-0.15, -0.1) is 5.10 Å². The minimum Gasteiger partial charge on any atom is -0.399 e. The summed E-state index contributed by atoms with van der Waals surface area (Å²) < 4.78 is 1.72. The molecular weight excluding hydrogens is 264 g/mol. The largest absolute Gasteiger partial charge is 0.399 e. The molecule has 1 aromatic carbocycles. The van der Waals surface area contributed by atoms with Gasteiger partial charge in [-0.1, -0.05) is 0 Å². The SMILES string of the molecule is Cc1cc(C)n2nc(-c3ccc(N)cc3)nc2c1C(=N)N. The molecule has 106 valence electrons. The van der Waals surface area contributed by atoms with Crippen molar-refractivity contribution in [2.24, 2.45) is 5.73 Å². The molecule has 0 aliphatic carbocycles. The molecule has 0 bridgehead atoms. The fourth-order valence-corrected chi connectivity index (χ4v) is 2.43. The number of amidine groups is 1. The summed E-state index contributed by atoms with van der Waals surface area (Å²) in [6.07, 6.45) is 0. The summed E-state index contributed by atoms with van der Waals surface area (Å²) in [5.74, 6) is 0.583. The fraction of sp³-hybridized carbons (Fsp3) is 0.133. The van der Waals surface area contributed by atoms with Gasteiger partial charge in [-0.3, -0.25) is 5.41 Å². The first-order valence-electron chi connectivity index (χ1n) is 6.54. The molecule has 3 rings (SSSR count). The Morgan fingerprint density at radius 1 is 1.19 bits per heavy atom. The smallest absolute Gasteiger partial charge is 0.182 e. The molecule has 0 aliphatic heterocycles. The Bertz CT molecular complexity index is 845. The molecular formula is C15H16N6. The number of hydrogen-bond donors (Lipinski definition) is 3. The maximum Gasteiger partial charge on any atom is 0.182 e. The van der Waals surface area contributed by atoms with Crippen molar-refractivity contribution in [2.45, 2.75) is 13.8 Å². The lowest BCUT2D eigenvalue weighted by Gasteiger charge is -2.07. The summed E-state index contributed by atoms with van der Waals surface area (Å²) in [6.45, 7) is 3.87. The Morgan fingerprint density at radius 2 is 1.86 bits per heavy atom. The van der Waals surface area contributed by atoms with Crippen LogP contribution in [0.2, 0.25) is 0 Å². The lowest BCUT2D eigenvalue weighted by atomic mass is 10.1. The Balaban J connectivity index is 2.29. The number of anilines is 1. The Kier molecular flexibility index (Phi) is 2.86. The number of rotatable bonds is 2. The summed E-state index contributed by atoms with van der Waals surface area (Å²) in [4.78, 5) is 4.55. The van der Waals surface area contributed by atoms with E-state index < -0.39 is 0 Å². The molecule has 21 heavy (non-hydrogen) atoms. The second-order valence-corrected chi connectivity index (χ2v) is 5.05. The van der Waals surface area contributed by atoms with E-state index in [9.17, 15) is 0 Å². The second-order valence-electron chi connectivity index (χ2n) is 5.05. The molecule has 0 saturated carbocycles. The number of nitrogens with one attached hydrogen (secondary N) is 1. The zero-order valence-corrected chi connectivity index (χ0v) is 11.9. The third-order valence-electron chi connectivity index (χ3n) is 3.42. The molecule has 0 amide bonds. The average molecular weight is 280 g/mol. The summed E-state index contributed by atoms with van der Waals surface area (Å²) >= 11 is 0. The second kappa shape index (κ2) is 4.59. The van der Waals surface area contributed by atoms with E-state index in [0.717, 1.165) is 16.8 Å². The number of aromatic nitrogens is 3. The molecule has 6 nitrogen and oxygen atoms in total. The predicted octanol–water partition coefficient (Wildman–Crippen LogP) is 1.88. The first kappa shape index (κ1) is 13.1. The molecule has 0 atom stereocenters. The maximum atomic E-state index is 7.75. The van der Waals surface area contributed by atoms with Crippen LogP contribution in [-0.4, -0.2) is 20.4 Å². The van der Waals surface area contributed by atoms with Crippen molar-refractivity contribution in [3.8, 4) is 11.4 Å². The van der Waals surface area contributed by atoms with Crippen LogP contribution < -0.4 is 11.5 Å². The van der Waals surface area contributed by atoms with Crippen LogP contribution in [0.15, 0.2) is 30.3 Å². The van der Waals surface area contributed by atoms with Crippen molar-refractivity contribution < 1.29 is 0 Å². The van der Waals surface area contributed by atoms with Crippen molar-refractivity contribution in [2.75, 3.05) is 5.73 Å². The first-order valence-corrected chi connectivity index (χ1v) is 6.54. The summed E-state index contributed by atoms with van der Waals surface area (Å²) in [6, 6.07) is 9.32. The highest BCUT2D eigenvalue weighted by Gasteiger charge is 2.15. The normalized spacial score (nSPS) is 11.0. The van der Waals surface area contributed by atoms with Crippen LogP contribution >= 0.6 is 0 Å². The van der Waals surface area contributed by atoms with Crippen LogP contribution in [0.5, 0.6) is 0 Å². The van der Waals surface area contributed by atoms with Gasteiger partial charge in [0.1, 0.15) is 5.84 Å². The zero-order valence-electron chi connectivity index (χ0n) is 11.9. The number of nitrogens with two attached hydrogens (primary N) is 2. The minimum atomic E-state index is -0.00578. The van der Waals surface area contributed by atoms with Crippen LogP contribution in [0.25, 0.3) is 17.0 Å². The highest BCUT2D eigenvalue weighted by atomic mass is 15.3. The third-order valence-corrected chi connectivity index (χ3v) is 3.42. The molecule has 2 heterocycles. The van der Waals surface area contributed by atoms with Gasteiger partial charge in [0.2, 0.25) is 0 Å². The zero-order chi connectivity index (χ0) is 15.1. The fourth-order valence-electron chi connectivity index (χ4n) is 2.43. The topological polar surface area (TPSA) is 106 Å². The molecule has 5 N–H and O–H groups in total. The summed E-state index contributed by atoms with van der Waals surface area (Å²) in [5.41, 5.74) is 16.0. The number of benzene rings is 1. The molecule has 0 fully saturated rings. The van der Waals surface area contributed by atoms with Gasteiger partial charge in [0, 0.05) is 16.9 Å². The van der Waals surface area contributed by atoms with Crippen molar-refractivity contribution in [3.05, 3.63) is 47.2 Å². The van der Waals surface area contributed by atoms with E-state index in [4.69, 9.17) is 16.9 Å². The molecule has 0 saturated heterocycles. The number of pyridine rings is 1. The van der Waals surface area contributed by atoms with E-state index >= 15 is 0 Å². The number of aryl methyl sites for hydroxylation is 2. The molecule has 0 aliphatic rings. The van der Waals surface area contributed by atoms with Crippen LogP contribution in [0.3, 0.4) is 0 Å². The van der Waals surface area contributed by atoms with Crippen molar-refractivity contribution >= 4 is 17.2 Å². The van der Waals surface area contributed by atoms with Gasteiger partial charge in [0.25, 0.3) is 0 Å². The van der Waals surface area contributed by atoms with Crippen LogP contribution in [-0.2, 0) is 0 Å². The van der Waals surface area contributed by atoms with Crippen molar-refractivity contribution in [1.29, 1.82) is 5.41 Å². The lowest BCUT2D eigenvalue weighted by molar-refractivity contribution is 0.913. The monoisotopic (exact) mass is 280 g/mol. The minimum absolute atomic E-state index is 0.00578. The van der Waals surface area contributed by atoms with Gasteiger partial charge >= 0.3 is 0 Å². The maximum absolute atomic E-state index is 7.75. The average Bonchev–Trinajstić information content (AvgIpc) is 2.84. The lowest BCUT2D eigenvalue weighted by Crippen LogP contribution is -2.15. The van der Waals surface area contributed by atoms with Gasteiger partial charge in [0.15, 0.2) is 11.5 Å². The van der Waals surface area contributed by atoms with E-state index in [0.29, 0.717) is 22.7 Å². The number of hydrogen-bond acceptors (Lipinski definition) is 4. The van der Waals surface area contributed by atoms with Gasteiger partial charge < -0.3 is 11.5 Å². The Morgan fingerprint density at radius 3 is 2.48 bits per heavy atom. The highest BCUT2D eigenvalue weighted by Crippen LogP contribution is 2.22. The predicted molar refractivity (Wildman–Crippen MR) is 83.3 cm³/mol. The third kappa shape index (κ3) is 2.10. The van der Waals surface area contributed by atoms with Gasteiger partial charge in [-0.05, 0) is 49.7 Å². The molecule has 0 unspecified atom stereocenters. The Labute approximate surface area is 121 Å². The van der Waals surface area contributed by atoms with Gasteiger partial charge in [-0.2, -0.15) is 0 Å². The molecule has 6 heteroatoms. The van der Waals surface area contributed by atoms with E-state index in [-0.39, 0.29) is 5.84 Å². The van der Waals surface area contributed by atoms with Crippen LogP contribution in [0.1, 0.15) is 16.8 Å². The molecule has 3 aromatic rings. The number of fused-ring (bicyclic) bond motifs is 1.